The Balaban J connectivity index is 0.00000161. The second-order valence-electron chi connectivity index (χ2n) is 6.29. The van der Waals surface area contributed by atoms with E-state index in [-0.39, 0.29) is 12.4 Å². The second kappa shape index (κ2) is 8.14. The lowest BCUT2D eigenvalue weighted by Crippen LogP contribution is -2.25. The van der Waals surface area contributed by atoms with E-state index in [9.17, 15) is 0 Å². The molecule has 2 saturated heterocycles. The van der Waals surface area contributed by atoms with Crippen molar-refractivity contribution in [2.75, 3.05) is 39.4 Å². The molecule has 1 aromatic rings. The fourth-order valence-electron chi connectivity index (χ4n) is 3.64. The minimum atomic E-state index is 0. The predicted molar refractivity (Wildman–Crippen MR) is 89.0 cm³/mol. The van der Waals surface area contributed by atoms with Crippen LogP contribution in [0.2, 0.25) is 0 Å². The van der Waals surface area contributed by atoms with Gasteiger partial charge in [-0.2, -0.15) is 0 Å². The minimum absolute atomic E-state index is 0. The molecule has 0 saturated carbocycles. The van der Waals surface area contributed by atoms with E-state index >= 15 is 0 Å². The van der Waals surface area contributed by atoms with Crippen molar-refractivity contribution in [3.8, 4) is 0 Å². The molecule has 0 bridgehead atoms. The smallest absolute Gasteiger partial charge is 0.0495 e. The van der Waals surface area contributed by atoms with Crippen molar-refractivity contribution < 1.29 is 4.74 Å². The van der Waals surface area contributed by atoms with Crippen molar-refractivity contribution in [1.29, 1.82) is 0 Å². The van der Waals surface area contributed by atoms with Crippen LogP contribution in [-0.4, -0.2) is 44.3 Å². The zero-order valence-corrected chi connectivity index (χ0v) is 13.4. The van der Waals surface area contributed by atoms with Gasteiger partial charge in [-0.05, 0) is 43.3 Å². The maximum Gasteiger partial charge on any atom is 0.0495 e. The number of likely N-dealkylation sites (tertiary alicyclic amines) is 1. The van der Waals surface area contributed by atoms with Crippen LogP contribution in [0.1, 0.15) is 24.3 Å². The molecule has 2 aliphatic rings. The summed E-state index contributed by atoms with van der Waals surface area (Å²) >= 11 is 0. The summed E-state index contributed by atoms with van der Waals surface area (Å²) in [5.41, 5.74) is 7.45. The zero-order chi connectivity index (χ0) is 13.8. The van der Waals surface area contributed by atoms with Gasteiger partial charge < -0.3 is 15.4 Å². The zero-order valence-electron chi connectivity index (χ0n) is 12.6. The van der Waals surface area contributed by atoms with Crippen LogP contribution in [0.3, 0.4) is 0 Å². The molecular formula is C17H27ClN2O. The first-order valence-electron chi connectivity index (χ1n) is 7.92. The average molecular weight is 311 g/mol. The van der Waals surface area contributed by atoms with E-state index in [2.05, 4.69) is 35.2 Å². The largest absolute Gasteiger partial charge is 0.381 e. The molecule has 3 nitrogen and oxygen atoms in total. The maximum atomic E-state index is 6.00. The Kier molecular flexibility index (Phi) is 6.49. The summed E-state index contributed by atoms with van der Waals surface area (Å²) in [6.07, 6.45) is 2.52. The topological polar surface area (TPSA) is 38.5 Å². The molecule has 1 unspecified atom stereocenters. The molecule has 0 radical (unpaired) electrons. The van der Waals surface area contributed by atoms with Crippen LogP contribution in [0.4, 0.5) is 0 Å². The Morgan fingerprint density at radius 1 is 1.19 bits per heavy atom. The molecule has 1 aromatic carbocycles. The van der Waals surface area contributed by atoms with Gasteiger partial charge in [-0.1, -0.05) is 30.3 Å². The lowest BCUT2D eigenvalue weighted by molar-refractivity contribution is 0.180. The fraction of sp³-hybridized carbons (Fsp3) is 0.647. The quantitative estimate of drug-likeness (QED) is 0.908. The van der Waals surface area contributed by atoms with E-state index in [0.29, 0.717) is 11.8 Å². The van der Waals surface area contributed by atoms with Gasteiger partial charge in [-0.15, -0.1) is 12.4 Å². The lowest BCUT2D eigenvalue weighted by atomic mass is 9.89. The van der Waals surface area contributed by atoms with Crippen LogP contribution in [0.25, 0.3) is 0 Å². The molecule has 3 rings (SSSR count). The molecule has 2 aliphatic heterocycles. The third kappa shape index (κ3) is 4.19. The summed E-state index contributed by atoms with van der Waals surface area (Å²) in [6, 6.07) is 10.9. The highest BCUT2D eigenvalue weighted by Crippen LogP contribution is 2.32. The molecule has 0 aromatic heterocycles. The van der Waals surface area contributed by atoms with Crippen LogP contribution in [0.5, 0.6) is 0 Å². The Hall–Kier alpha value is -0.610. The van der Waals surface area contributed by atoms with E-state index in [1.54, 1.807) is 0 Å². The molecular weight excluding hydrogens is 284 g/mol. The number of hydrogen-bond donors (Lipinski definition) is 1. The van der Waals surface area contributed by atoms with E-state index in [1.807, 2.05) is 0 Å². The van der Waals surface area contributed by atoms with Crippen molar-refractivity contribution >= 4 is 12.4 Å². The Morgan fingerprint density at radius 2 is 2.00 bits per heavy atom. The number of benzene rings is 1. The maximum absolute atomic E-state index is 6.00. The van der Waals surface area contributed by atoms with Crippen molar-refractivity contribution in [2.45, 2.75) is 18.8 Å². The lowest BCUT2D eigenvalue weighted by Gasteiger charge is -2.18. The molecule has 2 N–H and O–H groups in total. The van der Waals surface area contributed by atoms with Gasteiger partial charge in [0.1, 0.15) is 0 Å². The van der Waals surface area contributed by atoms with Gasteiger partial charge in [-0.25, -0.2) is 0 Å². The molecule has 118 valence electrons. The first-order chi connectivity index (χ1) is 9.86. The number of ether oxygens (including phenoxy) is 1. The monoisotopic (exact) mass is 310 g/mol. The predicted octanol–water partition coefficient (Wildman–Crippen LogP) is 2.51. The third-order valence-corrected chi connectivity index (χ3v) is 4.92. The van der Waals surface area contributed by atoms with Crippen molar-refractivity contribution in [3.05, 3.63) is 35.9 Å². The average Bonchev–Trinajstić information content (AvgIpc) is 3.15. The number of halogens is 1. The van der Waals surface area contributed by atoms with Crippen LogP contribution >= 0.6 is 12.4 Å². The molecule has 0 spiro atoms. The number of nitrogens with two attached hydrogens (primary N) is 1. The first kappa shape index (κ1) is 16.8. The van der Waals surface area contributed by atoms with E-state index in [0.717, 1.165) is 32.2 Å². The molecule has 0 aliphatic carbocycles. The summed E-state index contributed by atoms with van der Waals surface area (Å²) in [6.45, 7) is 6.25. The van der Waals surface area contributed by atoms with E-state index in [4.69, 9.17) is 10.5 Å². The van der Waals surface area contributed by atoms with Gasteiger partial charge in [0.25, 0.3) is 0 Å². The summed E-state index contributed by atoms with van der Waals surface area (Å²) < 4.78 is 5.47. The summed E-state index contributed by atoms with van der Waals surface area (Å²) in [7, 11) is 0. The Labute approximate surface area is 134 Å². The van der Waals surface area contributed by atoms with Crippen LogP contribution < -0.4 is 5.73 Å². The van der Waals surface area contributed by atoms with Gasteiger partial charge >= 0.3 is 0 Å². The molecule has 3 atom stereocenters. The van der Waals surface area contributed by atoms with Crippen LogP contribution in [0, 0.1) is 11.8 Å². The SMILES string of the molecule is Cl.NC[C@@H]1CN(CCC2CCOC2)C[C@H]1c1ccccc1. The Morgan fingerprint density at radius 3 is 2.67 bits per heavy atom. The van der Waals surface area contributed by atoms with Crippen molar-refractivity contribution in [1.82, 2.24) is 4.90 Å². The van der Waals surface area contributed by atoms with Gasteiger partial charge in [0.05, 0.1) is 0 Å². The van der Waals surface area contributed by atoms with Crippen LogP contribution in [0.15, 0.2) is 30.3 Å². The van der Waals surface area contributed by atoms with E-state index < -0.39 is 0 Å². The highest BCUT2D eigenvalue weighted by Gasteiger charge is 2.32. The normalized spacial score (nSPS) is 29.5. The number of hydrogen-bond acceptors (Lipinski definition) is 3. The van der Waals surface area contributed by atoms with E-state index in [1.165, 1.54) is 31.5 Å². The third-order valence-electron chi connectivity index (χ3n) is 4.92. The van der Waals surface area contributed by atoms with Crippen LogP contribution in [-0.2, 0) is 4.74 Å². The summed E-state index contributed by atoms with van der Waals surface area (Å²) in [4.78, 5) is 2.60. The Bertz CT molecular complexity index is 409. The molecule has 21 heavy (non-hydrogen) atoms. The van der Waals surface area contributed by atoms with Gasteiger partial charge in [0, 0.05) is 32.2 Å². The fourth-order valence-corrected chi connectivity index (χ4v) is 3.64. The molecule has 2 heterocycles. The highest BCUT2D eigenvalue weighted by atomic mass is 35.5. The van der Waals surface area contributed by atoms with Gasteiger partial charge in [-0.3, -0.25) is 0 Å². The van der Waals surface area contributed by atoms with Gasteiger partial charge in [0.2, 0.25) is 0 Å². The van der Waals surface area contributed by atoms with Crippen molar-refractivity contribution in [3.63, 3.8) is 0 Å². The first-order valence-corrected chi connectivity index (χ1v) is 7.92. The summed E-state index contributed by atoms with van der Waals surface area (Å²) in [5.74, 6) is 2.00. The number of rotatable bonds is 5. The molecule has 2 fully saturated rings. The molecule has 4 heteroatoms. The van der Waals surface area contributed by atoms with Gasteiger partial charge in [0.15, 0.2) is 0 Å². The molecule has 0 amide bonds. The standard InChI is InChI=1S/C17H26N2O.ClH/c18-10-16-11-19(8-6-14-7-9-20-13-14)12-17(16)15-4-2-1-3-5-15;/h1-5,14,16-17H,6-13,18H2;1H/t14?,16-,17+;/m1./s1. The number of nitrogens with zero attached hydrogens (tertiary/aromatic N) is 1. The highest BCUT2D eigenvalue weighted by molar-refractivity contribution is 5.85. The second-order valence-corrected chi connectivity index (χ2v) is 6.29. The minimum Gasteiger partial charge on any atom is -0.381 e. The van der Waals surface area contributed by atoms with Crippen molar-refractivity contribution in [2.24, 2.45) is 17.6 Å². The summed E-state index contributed by atoms with van der Waals surface area (Å²) in [5, 5.41) is 0.